The van der Waals surface area contributed by atoms with Gasteiger partial charge < -0.3 is 0 Å². The number of hydrogen-bond donors (Lipinski definition) is 1. The van der Waals surface area contributed by atoms with Gasteiger partial charge in [0.05, 0.1) is 12.2 Å². The van der Waals surface area contributed by atoms with Crippen LogP contribution in [0, 0.1) is 6.92 Å². The Balaban J connectivity index is 1.84. The van der Waals surface area contributed by atoms with Crippen LogP contribution in [0.15, 0.2) is 70.6 Å². The third kappa shape index (κ3) is 4.24. The molecule has 7 heteroatoms. The highest BCUT2D eigenvalue weighted by molar-refractivity contribution is 7.98. The van der Waals surface area contributed by atoms with Crippen LogP contribution < -0.4 is 4.72 Å². The molecule has 0 saturated heterocycles. The highest BCUT2D eigenvalue weighted by atomic mass is 32.2. The number of anilines is 1. The van der Waals surface area contributed by atoms with Crippen LogP contribution >= 0.6 is 11.8 Å². The van der Waals surface area contributed by atoms with Crippen molar-refractivity contribution >= 4 is 27.5 Å². The minimum absolute atomic E-state index is 0.193. The van der Waals surface area contributed by atoms with Gasteiger partial charge >= 0.3 is 0 Å². The van der Waals surface area contributed by atoms with Crippen LogP contribution in [-0.2, 0) is 16.6 Å². The van der Waals surface area contributed by atoms with E-state index in [4.69, 9.17) is 0 Å². The van der Waals surface area contributed by atoms with Gasteiger partial charge in [-0.15, -0.1) is 11.8 Å². The average molecular weight is 374 g/mol. The molecule has 0 aliphatic carbocycles. The Bertz CT molecular complexity index is 967. The number of nitrogens with zero attached hydrogens (tertiary/aromatic N) is 2. The lowest BCUT2D eigenvalue weighted by atomic mass is 10.2. The predicted molar refractivity (Wildman–Crippen MR) is 102 cm³/mol. The van der Waals surface area contributed by atoms with Gasteiger partial charge in [0.1, 0.15) is 4.90 Å². The summed E-state index contributed by atoms with van der Waals surface area (Å²) < 4.78 is 29.7. The van der Waals surface area contributed by atoms with Gasteiger partial charge in [0.25, 0.3) is 10.0 Å². The van der Waals surface area contributed by atoms with Gasteiger partial charge in [-0.05, 0) is 36.9 Å². The molecule has 1 heterocycles. The number of nitrogens with one attached hydrogen (secondary N) is 1. The number of benzene rings is 2. The lowest BCUT2D eigenvalue weighted by Crippen LogP contribution is -2.13. The molecule has 0 atom stereocenters. The minimum atomic E-state index is -3.68. The highest BCUT2D eigenvalue weighted by Crippen LogP contribution is 2.23. The predicted octanol–water partition coefficient (Wildman–Crippen LogP) is 3.76. The second kappa shape index (κ2) is 7.33. The van der Waals surface area contributed by atoms with Crippen molar-refractivity contribution in [3.8, 4) is 0 Å². The Morgan fingerprint density at radius 2 is 1.88 bits per heavy atom. The molecule has 130 valence electrons. The maximum Gasteiger partial charge on any atom is 0.265 e. The number of hydrogen-bond acceptors (Lipinski definition) is 4. The number of thioether (sulfide) groups is 1. The normalized spacial score (nSPS) is 11.4. The average Bonchev–Trinajstić information content (AvgIpc) is 2.97. The van der Waals surface area contributed by atoms with Gasteiger partial charge in [-0.2, -0.15) is 5.10 Å². The van der Waals surface area contributed by atoms with Crippen LogP contribution in [0.2, 0.25) is 0 Å². The van der Waals surface area contributed by atoms with Crippen LogP contribution in [0.25, 0.3) is 0 Å². The molecule has 1 aromatic heterocycles. The topological polar surface area (TPSA) is 64.0 Å². The fourth-order valence-corrected chi connectivity index (χ4v) is 4.21. The molecule has 0 spiro atoms. The highest BCUT2D eigenvalue weighted by Gasteiger charge is 2.20. The van der Waals surface area contributed by atoms with E-state index >= 15 is 0 Å². The molecule has 0 fully saturated rings. The Labute approximate surface area is 152 Å². The van der Waals surface area contributed by atoms with Crippen LogP contribution in [0.1, 0.15) is 11.3 Å². The molecular formula is C18H19N3O2S2. The third-order valence-electron chi connectivity index (χ3n) is 3.70. The summed E-state index contributed by atoms with van der Waals surface area (Å²) in [5, 5.41) is 4.34. The summed E-state index contributed by atoms with van der Waals surface area (Å²) in [6.07, 6.45) is 3.52. The lowest BCUT2D eigenvalue weighted by molar-refractivity contribution is 0.600. The van der Waals surface area contributed by atoms with E-state index < -0.39 is 10.0 Å². The zero-order chi connectivity index (χ0) is 17.9. The molecule has 0 saturated carbocycles. The van der Waals surface area contributed by atoms with Crippen molar-refractivity contribution in [1.82, 2.24) is 9.78 Å². The van der Waals surface area contributed by atoms with Crippen molar-refractivity contribution < 1.29 is 8.42 Å². The molecule has 3 aromatic rings. The van der Waals surface area contributed by atoms with Crippen molar-refractivity contribution in [2.45, 2.75) is 23.3 Å². The molecule has 25 heavy (non-hydrogen) atoms. The quantitative estimate of drug-likeness (QED) is 0.668. The number of rotatable bonds is 6. The summed E-state index contributed by atoms with van der Waals surface area (Å²) >= 11 is 1.56. The van der Waals surface area contributed by atoms with Crippen molar-refractivity contribution in [2.24, 2.45) is 0 Å². The molecule has 0 amide bonds. The van der Waals surface area contributed by atoms with Crippen LogP contribution in [0.3, 0.4) is 0 Å². The molecule has 3 rings (SSSR count). The number of aryl methyl sites for hydroxylation is 1. The molecule has 5 nitrogen and oxygen atoms in total. The lowest BCUT2D eigenvalue weighted by Gasteiger charge is -2.08. The molecule has 2 aromatic carbocycles. The van der Waals surface area contributed by atoms with Gasteiger partial charge in [-0.1, -0.05) is 36.4 Å². The van der Waals surface area contributed by atoms with Gasteiger partial charge in [0.2, 0.25) is 0 Å². The van der Waals surface area contributed by atoms with Gasteiger partial charge in [0, 0.05) is 16.8 Å². The Morgan fingerprint density at radius 1 is 1.12 bits per heavy atom. The van der Waals surface area contributed by atoms with E-state index in [1.807, 2.05) is 54.8 Å². The first-order valence-corrected chi connectivity index (χ1v) is 10.4. The van der Waals surface area contributed by atoms with E-state index in [1.165, 1.54) is 0 Å². The van der Waals surface area contributed by atoms with E-state index in [9.17, 15) is 8.42 Å². The molecular weight excluding hydrogens is 354 g/mol. The zero-order valence-electron chi connectivity index (χ0n) is 14.0. The second-order valence-electron chi connectivity index (χ2n) is 5.60. The molecule has 0 unspecified atom stereocenters. The van der Waals surface area contributed by atoms with Crippen molar-refractivity contribution in [3.05, 3.63) is 72.1 Å². The van der Waals surface area contributed by atoms with E-state index in [0.29, 0.717) is 17.9 Å². The summed E-state index contributed by atoms with van der Waals surface area (Å²) in [6, 6.07) is 17.1. The number of aromatic nitrogens is 2. The summed E-state index contributed by atoms with van der Waals surface area (Å²) in [5.41, 5.74) is 2.08. The largest absolute Gasteiger partial charge is 0.279 e. The monoisotopic (exact) mass is 373 g/mol. The first-order chi connectivity index (χ1) is 12.0. The van der Waals surface area contributed by atoms with Gasteiger partial charge in [0.15, 0.2) is 0 Å². The summed E-state index contributed by atoms with van der Waals surface area (Å²) in [5.74, 6) is 0. The van der Waals surface area contributed by atoms with Gasteiger partial charge in [-0.25, -0.2) is 8.42 Å². The maximum absolute atomic E-state index is 12.7. The third-order valence-corrected chi connectivity index (χ3v) is 5.91. The first-order valence-electron chi connectivity index (χ1n) is 7.73. The van der Waals surface area contributed by atoms with Crippen molar-refractivity contribution in [2.75, 3.05) is 11.0 Å². The minimum Gasteiger partial charge on any atom is -0.279 e. The standard InChI is InChI=1S/C18H19N3O2S2/c1-14-18(13-21(19-14)12-15-7-4-3-5-8-15)25(22,23)20-16-9-6-10-17(11-16)24-2/h3-11,13,20H,12H2,1-2H3. The number of sulfonamides is 1. The fraction of sp³-hybridized carbons (Fsp3) is 0.167. The van der Waals surface area contributed by atoms with E-state index in [2.05, 4.69) is 9.82 Å². The SMILES string of the molecule is CSc1cccc(NS(=O)(=O)c2cn(Cc3ccccc3)nc2C)c1. The molecule has 1 N–H and O–H groups in total. The summed E-state index contributed by atoms with van der Waals surface area (Å²) in [7, 11) is -3.68. The van der Waals surface area contributed by atoms with E-state index in [-0.39, 0.29) is 4.90 Å². The van der Waals surface area contributed by atoms with Crippen LogP contribution in [0.5, 0.6) is 0 Å². The van der Waals surface area contributed by atoms with Gasteiger partial charge in [-0.3, -0.25) is 9.40 Å². The van der Waals surface area contributed by atoms with Crippen LogP contribution in [-0.4, -0.2) is 24.5 Å². The summed E-state index contributed by atoms with van der Waals surface area (Å²) in [6.45, 7) is 2.23. The van der Waals surface area contributed by atoms with E-state index in [1.54, 1.807) is 35.6 Å². The molecule has 0 aliphatic heterocycles. The van der Waals surface area contributed by atoms with E-state index in [0.717, 1.165) is 10.5 Å². The van der Waals surface area contributed by atoms with Crippen molar-refractivity contribution in [3.63, 3.8) is 0 Å². The smallest absolute Gasteiger partial charge is 0.265 e. The van der Waals surface area contributed by atoms with Crippen LogP contribution in [0.4, 0.5) is 5.69 Å². The second-order valence-corrected chi connectivity index (χ2v) is 8.13. The fourth-order valence-electron chi connectivity index (χ4n) is 2.51. The zero-order valence-corrected chi connectivity index (χ0v) is 15.6. The van der Waals surface area contributed by atoms with Crippen molar-refractivity contribution in [1.29, 1.82) is 0 Å². The maximum atomic E-state index is 12.7. The molecule has 0 radical (unpaired) electrons. The Hall–Kier alpha value is -2.25. The Kier molecular flexibility index (Phi) is 5.15. The first kappa shape index (κ1) is 17.6. The molecule has 0 aliphatic rings. The summed E-state index contributed by atoms with van der Waals surface area (Å²) in [4.78, 5) is 1.19. The Morgan fingerprint density at radius 3 is 2.60 bits per heavy atom. The molecule has 0 bridgehead atoms.